The number of benzene rings is 1. The Kier molecular flexibility index (Phi) is 4.12. The summed E-state index contributed by atoms with van der Waals surface area (Å²) < 4.78 is 0. The molecule has 1 heterocycles. The zero-order valence-electron chi connectivity index (χ0n) is 10.7. The van der Waals surface area contributed by atoms with Crippen LogP contribution in [-0.4, -0.2) is 23.6 Å². The first-order valence-corrected chi connectivity index (χ1v) is 6.08. The first-order valence-electron chi connectivity index (χ1n) is 6.08. The molecule has 0 fully saturated rings. The molecule has 1 atom stereocenters. The summed E-state index contributed by atoms with van der Waals surface area (Å²) in [5.41, 5.74) is 1.32. The number of hydrogen-bond acceptors (Lipinski definition) is 4. The van der Waals surface area contributed by atoms with Crippen molar-refractivity contribution in [2.45, 2.75) is 12.8 Å². The highest BCUT2D eigenvalue weighted by atomic mass is 15.1. The summed E-state index contributed by atoms with van der Waals surface area (Å²) in [6, 6.07) is 10.4. The van der Waals surface area contributed by atoms with E-state index in [1.807, 2.05) is 13.1 Å². The summed E-state index contributed by atoms with van der Waals surface area (Å²) in [4.78, 5) is 8.49. The van der Waals surface area contributed by atoms with Gasteiger partial charge in [-0.05, 0) is 11.5 Å². The molecular formula is C14H18N4. The van der Waals surface area contributed by atoms with Crippen molar-refractivity contribution in [1.29, 1.82) is 0 Å². The normalized spacial score (nSPS) is 11.9. The molecule has 18 heavy (non-hydrogen) atoms. The Morgan fingerprint density at radius 1 is 1.11 bits per heavy atom. The zero-order valence-corrected chi connectivity index (χ0v) is 10.7. The quantitative estimate of drug-likeness (QED) is 0.846. The zero-order chi connectivity index (χ0) is 12.8. The molecule has 0 aliphatic carbocycles. The van der Waals surface area contributed by atoms with Crippen LogP contribution in [0.3, 0.4) is 0 Å². The van der Waals surface area contributed by atoms with Crippen molar-refractivity contribution >= 4 is 11.6 Å². The van der Waals surface area contributed by atoms with Gasteiger partial charge in [0.2, 0.25) is 0 Å². The molecule has 0 bridgehead atoms. The van der Waals surface area contributed by atoms with Crippen LogP contribution in [0.1, 0.15) is 18.4 Å². The highest BCUT2D eigenvalue weighted by Gasteiger charge is 2.05. The lowest BCUT2D eigenvalue weighted by Gasteiger charge is -2.13. The van der Waals surface area contributed by atoms with Crippen LogP contribution in [0, 0.1) is 0 Å². The van der Waals surface area contributed by atoms with Crippen molar-refractivity contribution in [2.75, 3.05) is 24.2 Å². The van der Waals surface area contributed by atoms with Crippen LogP contribution in [0.2, 0.25) is 0 Å². The number of anilines is 2. The van der Waals surface area contributed by atoms with E-state index < -0.39 is 0 Å². The lowest BCUT2D eigenvalue weighted by molar-refractivity contribution is 0.801. The smallest absolute Gasteiger partial charge is 0.146 e. The summed E-state index contributed by atoms with van der Waals surface area (Å²) in [6.45, 7) is 3.03. The topological polar surface area (TPSA) is 49.8 Å². The molecule has 0 radical (unpaired) electrons. The standard InChI is InChI=1S/C14H18N4/c1-11(12-6-4-3-5-7-12)8-17-14-10-16-9-13(15-2)18-14/h3-7,9-11H,8H2,1-2H3,(H2,15,17,18). The van der Waals surface area contributed by atoms with E-state index in [0.29, 0.717) is 5.92 Å². The van der Waals surface area contributed by atoms with E-state index in [0.717, 1.165) is 18.2 Å². The predicted molar refractivity (Wildman–Crippen MR) is 74.9 cm³/mol. The van der Waals surface area contributed by atoms with Gasteiger partial charge in [0.05, 0.1) is 12.4 Å². The van der Waals surface area contributed by atoms with Gasteiger partial charge in [0.15, 0.2) is 0 Å². The van der Waals surface area contributed by atoms with Gasteiger partial charge >= 0.3 is 0 Å². The Bertz CT molecular complexity index is 484. The number of hydrogen-bond donors (Lipinski definition) is 2. The SMILES string of the molecule is CNc1cncc(NCC(C)c2ccccc2)n1. The second-order valence-electron chi connectivity index (χ2n) is 4.23. The minimum Gasteiger partial charge on any atom is -0.372 e. The molecule has 2 aromatic rings. The van der Waals surface area contributed by atoms with Gasteiger partial charge in [0.1, 0.15) is 11.6 Å². The number of aromatic nitrogens is 2. The average Bonchev–Trinajstić information content (AvgIpc) is 2.46. The predicted octanol–water partition coefficient (Wildman–Crippen LogP) is 2.73. The van der Waals surface area contributed by atoms with Gasteiger partial charge in [0.25, 0.3) is 0 Å². The first kappa shape index (κ1) is 12.4. The molecule has 0 saturated carbocycles. The Morgan fingerprint density at radius 3 is 2.56 bits per heavy atom. The maximum atomic E-state index is 4.37. The van der Waals surface area contributed by atoms with Crippen molar-refractivity contribution in [3.05, 3.63) is 48.3 Å². The molecule has 1 aromatic heterocycles. The van der Waals surface area contributed by atoms with Gasteiger partial charge in [-0.15, -0.1) is 0 Å². The number of nitrogens with zero attached hydrogens (tertiary/aromatic N) is 2. The summed E-state index contributed by atoms with van der Waals surface area (Å²) in [5.74, 6) is 2.00. The van der Waals surface area contributed by atoms with E-state index in [1.54, 1.807) is 12.4 Å². The molecule has 2 N–H and O–H groups in total. The van der Waals surface area contributed by atoms with Gasteiger partial charge in [0, 0.05) is 13.6 Å². The van der Waals surface area contributed by atoms with Crippen LogP contribution in [-0.2, 0) is 0 Å². The van der Waals surface area contributed by atoms with Crippen LogP contribution < -0.4 is 10.6 Å². The summed E-state index contributed by atoms with van der Waals surface area (Å²) >= 11 is 0. The molecule has 0 saturated heterocycles. The Labute approximate surface area is 107 Å². The Morgan fingerprint density at radius 2 is 1.83 bits per heavy atom. The molecule has 0 aliphatic heterocycles. The molecule has 94 valence electrons. The van der Waals surface area contributed by atoms with Gasteiger partial charge < -0.3 is 10.6 Å². The molecule has 4 nitrogen and oxygen atoms in total. The summed E-state index contributed by atoms with van der Waals surface area (Å²) in [5, 5.41) is 6.28. The summed E-state index contributed by atoms with van der Waals surface area (Å²) in [7, 11) is 1.83. The number of rotatable bonds is 5. The van der Waals surface area contributed by atoms with Crippen LogP contribution >= 0.6 is 0 Å². The third kappa shape index (κ3) is 3.20. The third-order valence-electron chi connectivity index (χ3n) is 2.85. The highest BCUT2D eigenvalue weighted by molar-refractivity contribution is 5.41. The van der Waals surface area contributed by atoms with E-state index in [4.69, 9.17) is 0 Å². The molecule has 0 aliphatic rings. The van der Waals surface area contributed by atoms with Crippen LogP contribution in [0.25, 0.3) is 0 Å². The van der Waals surface area contributed by atoms with Crippen LogP contribution in [0.5, 0.6) is 0 Å². The second-order valence-corrected chi connectivity index (χ2v) is 4.23. The fourth-order valence-electron chi connectivity index (χ4n) is 1.73. The number of nitrogens with one attached hydrogen (secondary N) is 2. The minimum atomic E-state index is 0.436. The lowest BCUT2D eigenvalue weighted by Crippen LogP contribution is -2.11. The van der Waals surface area contributed by atoms with Gasteiger partial charge in [-0.2, -0.15) is 0 Å². The fourth-order valence-corrected chi connectivity index (χ4v) is 1.73. The van der Waals surface area contributed by atoms with Crippen LogP contribution in [0.15, 0.2) is 42.7 Å². The first-order chi connectivity index (χ1) is 8.79. The van der Waals surface area contributed by atoms with Crippen LogP contribution in [0.4, 0.5) is 11.6 Å². The lowest BCUT2D eigenvalue weighted by atomic mass is 10.0. The van der Waals surface area contributed by atoms with E-state index in [-0.39, 0.29) is 0 Å². The highest BCUT2D eigenvalue weighted by Crippen LogP contribution is 2.15. The molecule has 0 amide bonds. The van der Waals surface area contributed by atoms with Crippen molar-refractivity contribution in [2.24, 2.45) is 0 Å². The Hall–Kier alpha value is -2.10. The van der Waals surface area contributed by atoms with E-state index in [9.17, 15) is 0 Å². The monoisotopic (exact) mass is 242 g/mol. The van der Waals surface area contributed by atoms with Crippen molar-refractivity contribution in [1.82, 2.24) is 9.97 Å². The van der Waals surface area contributed by atoms with Gasteiger partial charge in [-0.3, -0.25) is 4.98 Å². The third-order valence-corrected chi connectivity index (χ3v) is 2.85. The van der Waals surface area contributed by atoms with Gasteiger partial charge in [-0.25, -0.2) is 4.98 Å². The van der Waals surface area contributed by atoms with Crippen molar-refractivity contribution < 1.29 is 0 Å². The second kappa shape index (κ2) is 6.00. The maximum absolute atomic E-state index is 4.37. The molecule has 1 unspecified atom stereocenters. The van der Waals surface area contributed by atoms with Crippen molar-refractivity contribution in [3.8, 4) is 0 Å². The average molecular weight is 242 g/mol. The van der Waals surface area contributed by atoms with Crippen molar-refractivity contribution in [3.63, 3.8) is 0 Å². The molecule has 2 rings (SSSR count). The Balaban J connectivity index is 1.95. The summed E-state index contributed by atoms with van der Waals surface area (Å²) in [6.07, 6.45) is 3.43. The fraction of sp³-hybridized carbons (Fsp3) is 0.286. The maximum Gasteiger partial charge on any atom is 0.146 e. The van der Waals surface area contributed by atoms with Gasteiger partial charge in [-0.1, -0.05) is 37.3 Å². The van der Waals surface area contributed by atoms with E-state index in [1.165, 1.54) is 5.56 Å². The molecule has 4 heteroatoms. The van der Waals surface area contributed by atoms with E-state index >= 15 is 0 Å². The largest absolute Gasteiger partial charge is 0.372 e. The molecule has 1 aromatic carbocycles. The minimum absolute atomic E-state index is 0.436. The van der Waals surface area contributed by atoms with E-state index in [2.05, 4.69) is 51.8 Å². The molecular weight excluding hydrogens is 224 g/mol. The molecule has 0 spiro atoms.